The largest absolute Gasteiger partial charge is 0.481 e. The van der Waals surface area contributed by atoms with Crippen LogP contribution < -0.4 is 5.32 Å². The van der Waals surface area contributed by atoms with Gasteiger partial charge in [0.25, 0.3) is 0 Å². The second kappa shape index (κ2) is 6.24. The van der Waals surface area contributed by atoms with Crippen molar-refractivity contribution in [2.45, 2.75) is 25.0 Å². The molecule has 2 rings (SSSR count). The molecule has 0 aromatic heterocycles. The van der Waals surface area contributed by atoms with Gasteiger partial charge in [-0.25, -0.2) is 0 Å². The number of benzene rings is 1. The lowest BCUT2D eigenvalue weighted by atomic mass is 9.94. The Morgan fingerprint density at radius 1 is 1.43 bits per heavy atom. The summed E-state index contributed by atoms with van der Waals surface area (Å²) in [5.74, 6) is -1.33. The first-order valence-electron chi connectivity index (χ1n) is 6.91. The van der Waals surface area contributed by atoms with Crippen molar-refractivity contribution in [3.8, 4) is 0 Å². The van der Waals surface area contributed by atoms with E-state index in [1.165, 1.54) is 0 Å². The van der Waals surface area contributed by atoms with Crippen molar-refractivity contribution in [2.75, 3.05) is 19.6 Å². The first kappa shape index (κ1) is 15.5. The Kier molecular flexibility index (Phi) is 4.59. The number of carbonyl (C=O) groups excluding carboxylic acids is 1. The van der Waals surface area contributed by atoms with Crippen molar-refractivity contribution < 1.29 is 19.8 Å². The van der Waals surface area contributed by atoms with Crippen molar-refractivity contribution >= 4 is 11.9 Å². The zero-order chi connectivity index (χ0) is 15.5. The number of nitrogens with one attached hydrogen (secondary N) is 1. The predicted octanol–water partition coefficient (Wildman–Crippen LogP) is 0.169. The second-order valence-corrected chi connectivity index (χ2v) is 5.52. The molecule has 0 aliphatic carbocycles. The molecule has 1 heterocycles. The molecule has 1 aromatic rings. The maximum Gasteiger partial charge on any atom is 0.305 e. The van der Waals surface area contributed by atoms with E-state index in [0.717, 1.165) is 5.56 Å². The Hall–Kier alpha value is -1.92. The number of amides is 1. The number of hydrogen-bond donors (Lipinski definition) is 3. The molecule has 1 saturated heterocycles. The molecule has 1 amide bonds. The summed E-state index contributed by atoms with van der Waals surface area (Å²) < 4.78 is 0. The van der Waals surface area contributed by atoms with E-state index in [0.29, 0.717) is 13.1 Å². The van der Waals surface area contributed by atoms with Crippen LogP contribution in [0.5, 0.6) is 0 Å². The molecule has 3 N–H and O–H groups in total. The van der Waals surface area contributed by atoms with E-state index in [1.807, 2.05) is 30.3 Å². The van der Waals surface area contributed by atoms with Crippen LogP contribution in [0, 0.1) is 0 Å². The maximum absolute atomic E-state index is 11.9. The average Bonchev–Trinajstić information content (AvgIpc) is 2.43. The number of nitrogens with zero attached hydrogens (tertiary/aromatic N) is 1. The Morgan fingerprint density at radius 3 is 2.71 bits per heavy atom. The van der Waals surface area contributed by atoms with Gasteiger partial charge in [-0.3, -0.25) is 14.5 Å². The summed E-state index contributed by atoms with van der Waals surface area (Å²) in [6.45, 7) is 2.86. The summed E-state index contributed by atoms with van der Waals surface area (Å²) in [7, 11) is 0. The van der Waals surface area contributed by atoms with Gasteiger partial charge in [0.1, 0.15) is 0 Å². The van der Waals surface area contributed by atoms with Crippen LogP contribution in [0.25, 0.3) is 0 Å². The third-order valence-corrected chi connectivity index (χ3v) is 3.72. The molecule has 1 fully saturated rings. The van der Waals surface area contributed by atoms with Crippen molar-refractivity contribution in [3.63, 3.8) is 0 Å². The Morgan fingerprint density at radius 2 is 2.10 bits per heavy atom. The molecule has 114 valence electrons. The van der Waals surface area contributed by atoms with Gasteiger partial charge in [0, 0.05) is 19.6 Å². The number of carbonyl (C=O) groups is 2. The van der Waals surface area contributed by atoms with Gasteiger partial charge in [-0.05, 0) is 12.5 Å². The van der Waals surface area contributed by atoms with E-state index in [4.69, 9.17) is 5.11 Å². The number of rotatable bonds is 5. The zero-order valence-corrected chi connectivity index (χ0v) is 12.0. The van der Waals surface area contributed by atoms with Gasteiger partial charge in [-0.15, -0.1) is 0 Å². The summed E-state index contributed by atoms with van der Waals surface area (Å²) in [5, 5.41) is 22.3. The number of aliphatic carboxylic acids is 1. The van der Waals surface area contributed by atoms with Crippen LogP contribution in [0.4, 0.5) is 0 Å². The number of carboxylic acid groups (broad SMARTS) is 1. The smallest absolute Gasteiger partial charge is 0.305 e. The minimum atomic E-state index is -1.14. The summed E-state index contributed by atoms with van der Waals surface area (Å²) in [5.41, 5.74) is -0.402. The van der Waals surface area contributed by atoms with Gasteiger partial charge < -0.3 is 15.5 Å². The highest BCUT2D eigenvalue weighted by molar-refractivity contribution is 5.86. The van der Waals surface area contributed by atoms with Gasteiger partial charge in [0.15, 0.2) is 0 Å². The summed E-state index contributed by atoms with van der Waals surface area (Å²) in [6.07, 6.45) is -0.267. The molecule has 2 atom stereocenters. The lowest BCUT2D eigenvalue weighted by Gasteiger charge is -2.38. The lowest BCUT2D eigenvalue weighted by Crippen LogP contribution is -2.58. The molecule has 0 bridgehead atoms. The lowest BCUT2D eigenvalue weighted by molar-refractivity contribution is -0.144. The zero-order valence-electron chi connectivity index (χ0n) is 12.0. The summed E-state index contributed by atoms with van der Waals surface area (Å²) in [6, 6.07) is 8.42. The molecule has 1 aromatic carbocycles. The van der Waals surface area contributed by atoms with Crippen LogP contribution in [0.3, 0.4) is 0 Å². The number of carboxylic acids is 1. The van der Waals surface area contributed by atoms with E-state index in [2.05, 4.69) is 5.32 Å². The molecular formula is C15H20N2O4. The van der Waals surface area contributed by atoms with Crippen molar-refractivity contribution in [1.29, 1.82) is 0 Å². The molecule has 0 spiro atoms. The molecule has 2 unspecified atom stereocenters. The number of hydrogen-bond acceptors (Lipinski definition) is 4. The fourth-order valence-corrected chi connectivity index (χ4v) is 2.62. The Balaban J connectivity index is 2.15. The molecule has 6 nitrogen and oxygen atoms in total. The molecule has 1 aliphatic heterocycles. The van der Waals surface area contributed by atoms with E-state index in [-0.39, 0.29) is 18.9 Å². The summed E-state index contributed by atoms with van der Waals surface area (Å²) >= 11 is 0. The minimum Gasteiger partial charge on any atom is -0.481 e. The van der Waals surface area contributed by atoms with Crippen LogP contribution in [-0.4, -0.2) is 52.7 Å². The van der Waals surface area contributed by atoms with Crippen molar-refractivity contribution in [1.82, 2.24) is 10.2 Å². The van der Waals surface area contributed by atoms with E-state index in [1.54, 1.807) is 11.8 Å². The van der Waals surface area contributed by atoms with Crippen LogP contribution in [0.15, 0.2) is 30.3 Å². The van der Waals surface area contributed by atoms with Crippen LogP contribution in [0.1, 0.15) is 18.9 Å². The molecular weight excluding hydrogens is 272 g/mol. The van der Waals surface area contributed by atoms with E-state index in [9.17, 15) is 14.7 Å². The SMILES string of the molecule is CC(O)(CN1CCNC(=O)C1CC(=O)O)c1ccccc1. The predicted molar refractivity (Wildman–Crippen MR) is 76.6 cm³/mol. The quantitative estimate of drug-likeness (QED) is 0.720. The highest BCUT2D eigenvalue weighted by Crippen LogP contribution is 2.23. The molecule has 0 saturated carbocycles. The fourth-order valence-electron chi connectivity index (χ4n) is 2.62. The minimum absolute atomic E-state index is 0.211. The second-order valence-electron chi connectivity index (χ2n) is 5.52. The van der Waals surface area contributed by atoms with Crippen LogP contribution >= 0.6 is 0 Å². The van der Waals surface area contributed by atoms with Crippen molar-refractivity contribution in [3.05, 3.63) is 35.9 Å². The third-order valence-electron chi connectivity index (χ3n) is 3.72. The topological polar surface area (TPSA) is 89.9 Å². The van der Waals surface area contributed by atoms with Gasteiger partial charge >= 0.3 is 5.97 Å². The van der Waals surface area contributed by atoms with Gasteiger partial charge in [-0.1, -0.05) is 30.3 Å². The van der Waals surface area contributed by atoms with E-state index >= 15 is 0 Å². The van der Waals surface area contributed by atoms with Crippen molar-refractivity contribution in [2.24, 2.45) is 0 Å². The summed E-state index contributed by atoms with van der Waals surface area (Å²) in [4.78, 5) is 24.5. The molecule has 6 heteroatoms. The fraction of sp³-hybridized carbons (Fsp3) is 0.467. The number of aliphatic hydroxyl groups is 1. The maximum atomic E-state index is 11.9. The normalized spacial score (nSPS) is 22.4. The molecule has 21 heavy (non-hydrogen) atoms. The average molecular weight is 292 g/mol. The molecule has 1 aliphatic rings. The van der Waals surface area contributed by atoms with Crippen LogP contribution in [0.2, 0.25) is 0 Å². The molecule has 0 radical (unpaired) electrons. The first-order chi connectivity index (χ1) is 9.90. The Labute approximate surface area is 123 Å². The van der Waals surface area contributed by atoms with Gasteiger partial charge in [0.05, 0.1) is 18.1 Å². The highest BCUT2D eigenvalue weighted by atomic mass is 16.4. The van der Waals surface area contributed by atoms with E-state index < -0.39 is 17.6 Å². The first-order valence-corrected chi connectivity index (χ1v) is 6.91. The third kappa shape index (κ3) is 3.80. The van der Waals surface area contributed by atoms with Crippen LogP contribution in [-0.2, 0) is 15.2 Å². The number of piperazine rings is 1. The highest BCUT2D eigenvalue weighted by Gasteiger charge is 2.36. The Bertz CT molecular complexity index is 516. The monoisotopic (exact) mass is 292 g/mol. The van der Waals surface area contributed by atoms with Gasteiger partial charge in [0.2, 0.25) is 5.91 Å². The number of β-amino-alcohol motifs (C(OH)–C–C–N with tert-alkyl or cyclic N) is 1. The van der Waals surface area contributed by atoms with Gasteiger partial charge in [-0.2, -0.15) is 0 Å². The standard InChI is InChI=1S/C15H20N2O4/c1-15(21,11-5-3-2-4-6-11)10-17-8-7-16-14(20)12(17)9-13(18)19/h2-6,12,21H,7-10H2,1H3,(H,16,20)(H,18,19).